The molecule has 0 spiro atoms. The highest BCUT2D eigenvalue weighted by molar-refractivity contribution is 6.15. The SMILES string of the molecule is COc1ccc2c(c1)[C@]1(C)CCCC[C@]1(CC(F)(F)F)N=C2c1ccccc1. The third kappa shape index (κ3) is 3.01. The Kier molecular flexibility index (Phi) is 4.52. The number of halogens is 3. The normalized spacial score (nSPS) is 26.8. The van der Waals surface area contributed by atoms with Crippen LogP contribution in [-0.4, -0.2) is 24.5 Å². The van der Waals surface area contributed by atoms with E-state index in [1.54, 1.807) is 7.11 Å². The Morgan fingerprint density at radius 3 is 2.43 bits per heavy atom. The van der Waals surface area contributed by atoms with Gasteiger partial charge >= 0.3 is 6.18 Å². The molecule has 1 aliphatic heterocycles. The van der Waals surface area contributed by atoms with Gasteiger partial charge in [-0.25, -0.2) is 0 Å². The van der Waals surface area contributed by atoms with Crippen molar-refractivity contribution in [2.24, 2.45) is 4.99 Å². The molecule has 0 unspecified atom stereocenters. The van der Waals surface area contributed by atoms with E-state index in [4.69, 9.17) is 9.73 Å². The van der Waals surface area contributed by atoms with Crippen molar-refractivity contribution in [3.8, 4) is 5.75 Å². The van der Waals surface area contributed by atoms with E-state index in [2.05, 4.69) is 0 Å². The molecule has 0 radical (unpaired) electrons. The first-order chi connectivity index (χ1) is 13.3. The molecule has 2 aromatic rings. The maximum Gasteiger partial charge on any atom is 0.391 e. The van der Waals surface area contributed by atoms with Gasteiger partial charge in [-0.15, -0.1) is 0 Å². The average Bonchev–Trinajstić information content (AvgIpc) is 2.67. The molecule has 0 N–H and O–H groups in total. The number of fused-ring (bicyclic) bond motifs is 3. The quantitative estimate of drug-likeness (QED) is 0.626. The lowest BCUT2D eigenvalue weighted by Crippen LogP contribution is -2.56. The number of ether oxygens (including phenoxy) is 1. The smallest absolute Gasteiger partial charge is 0.391 e. The van der Waals surface area contributed by atoms with E-state index >= 15 is 0 Å². The number of methoxy groups -OCH3 is 1. The summed E-state index contributed by atoms with van der Waals surface area (Å²) in [6.07, 6.45) is -2.38. The maximum atomic E-state index is 13.7. The van der Waals surface area contributed by atoms with Crippen LogP contribution >= 0.6 is 0 Å². The summed E-state index contributed by atoms with van der Waals surface area (Å²) in [5.41, 5.74) is 1.47. The minimum Gasteiger partial charge on any atom is -0.497 e. The third-order valence-corrected chi connectivity index (χ3v) is 6.49. The molecule has 28 heavy (non-hydrogen) atoms. The van der Waals surface area contributed by atoms with Crippen molar-refractivity contribution < 1.29 is 17.9 Å². The summed E-state index contributed by atoms with van der Waals surface area (Å²) < 4.78 is 46.6. The van der Waals surface area contributed by atoms with E-state index in [0.29, 0.717) is 24.3 Å². The molecule has 2 aromatic carbocycles. The zero-order valence-electron chi connectivity index (χ0n) is 16.1. The van der Waals surface area contributed by atoms with Crippen LogP contribution in [0.1, 0.15) is 55.7 Å². The van der Waals surface area contributed by atoms with E-state index in [9.17, 15) is 13.2 Å². The lowest BCUT2D eigenvalue weighted by molar-refractivity contribution is -0.156. The highest BCUT2D eigenvalue weighted by Gasteiger charge is 2.58. The van der Waals surface area contributed by atoms with Crippen LogP contribution in [0.5, 0.6) is 5.75 Å². The van der Waals surface area contributed by atoms with E-state index in [1.165, 1.54) is 0 Å². The molecule has 2 aliphatic rings. The molecule has 2 nitrogen and oxygen atoms in total. The lowest BCUT2D eigenvalue weighted by atomic mass is 9.55. The van der Waals surface area contributed by atoms with Gasteiger partial charge in [0.15, 0.2) is 0 Å². The van der Waals surface area contributed by atoms with Crippen LogP contribution in [0.25, 0.3) is 0 Å². The topological polar surface area (TPSA) is 21.6 Å². The third-order valence-electron chi connectivity index (χ3n) is 6.49. The fourth-order valence-corrected chi connectivity index (χ4v) is 5.03. The second-order valence-corrected chi connectivity index (χ2v) is 8.10. The molecule has 1 aliphatic carbocycles. The first-order valence-corrected chi connectivity index (χ1v) is 9.69. The molecule has 2 atom stereocenters. The Balaban J connectivity index is 2.00. The van der Waals surface area contributed by atoms with E-state index in [-0.39, 0.29) is 0 Å². The Hall–Kier alpha value is -2.30. The first-order valence-electron chi connectivity index (χ1n) is 9.69. The second kappa shape index (κ2) is 6.64. The zero-order valence-corrected chi connectivity index (χ0v) is 16.1. The highest BCUT2D eigenvalue weighted by Crippen LogP contribution is 2.56. The molecule has 0 bridgehead atoms. The number of nitrogens with zero attached hydrogens (tertiary/aromatic N) is 1. The monoisotopic (exact) mass is 387 g/mol. The Morgan fingerprint density at radius 1 is 1.04 bits per heavy atom. The largest absolute Gasteiger partial charge is 0.497 e. The minimum atomic E-state index is -4.28. The summed E-state index contributed by atoms with van der Waals surface area (Å²) in [4.78, 5) is 4.92. The number of aliphatic imine (C=N–C) groups is 1. The van der Waals surface area contributed by atoms with Gasteiger partial charge in [0.05, 0.1) is 24.8 Å². The summed E-state index contributed by atoms with van der Waals surface area (Å²) in [6, 6.07) is 15.2. The maximum absolute atomic E-state index is 13.7. The summed E-state index contributed by atoms with van der Waals surface area (Å²) in [6.45, 7) is 1.96. The molecule has 1 heterocycles. The fourth-order valence-electron chi connectivity index (χ4n) is 5.03. The van der Waals surface area contributed by atoms with Gasteiger partial charge in [-0.1, -0.05) is 50.1 Å². The van der Waals surface area contributed by atoms with Crippen LogP contribution in [0, 0.1) is 0 Å². The lowest BCUT2D eigenvalue weighted by Gasteiger charge is -2.53. The first kappa shape index (κ1) is 19.0. The molecule has 4 rings (SSSR count). The number of rotatable bonds is 3. The van der Waals surface area contributed by atoms with Gasteiger partial charge in [-0.05, 0) is 36.6 Å². The Labute approximate surface area is 163 Å². The van der Waals surface area contributed by atoms with E-state index in [0.717, 1.165) is 29.5 Å². The molecule has 1 fully saturated rings. The van der Waals surface area contributed by atoms with Gasteiger partial charge in [0.2, 0.25) is 0 Å². The Bertz CT molecular complexity index is 906. The molecular formula is C23H24F3NO. The molecule has 0 saturated heterocycles. The Morgan fingerprint density at radius 2 is 1.75 bits per heavy atom. The van der Waals surface area contributed by atoms with Crippen LogP contribution in [0.3, 0.4) is 0 Å². The fraction of sp³-hybridized carbons (Fsp3) is 0.435. The molecular weight excluding hydrogens is 363 g/mol. The van der Waals surface area contributed by atoms with Crippen molar-refractivity contribution in [2.75, 3.05) is 7.11 Å². The standard InChI is InChI=1S/C23H24F3NO/c1-21-12-6-7-13-22(21,15-23(24,25)26)27-20(16-8-4-3-5-9-16)18-11-10-17(28-2)14-19(18)21/h3-5,8-11,14H,6-7,12-13,15H2,1-2H3/t21-,22+/m0/s1. The predicted octanol–water partition coefficient (Wildman–Crippen LogP) is 6.07. The van der Waals surface area contributed by atoms with Gasteiger partial charge in [-0.3, -0.25) is 4.99 Å². The van der Waals surface area contributed by atoms with E-state index < -0.39 is 23.6 Å². The van der Waals surface area contributed by atoms with Gasteiger partial charge in [-0.2, -0.15) is 13.2 Å². The van der Waals surface area contributed by atoms with Gasteiger partial charge in [0, 0.05) is 16.5 Å². The van der Waals surface area contributed by atoms with Crippen LogP contribution in [0.4, 0.5) is 13.2 Å². The van der Waals surface area contributed by atoms with Crippen LogP contribution in [0.2, 0.25) is 0 Å². The molecule has 0 amide bonds. The minimum absolute atomic E-state index is 0.440. The molecule has 148 valence electrons. The number of alkyl halides is 3. The summed E-state index contributed by atoms with van der Waals surface area (Å²) >= 11 is 0. The number of hydrogen-bond acceptors (Lipinski definition) is 2. The van der Waals surface area contributed by atoms with Crippen molar-refractivity contribution in [1.82, 2.24) is 0 Å². The van der Waals surface area contributed by atoms with Crippen LogP contribution in [-0.2, 0) is 5.41 Å². The number of benzene rings is 2. The van der Waals surface area contributed by atoms with Crippen molar-refractivity contribution in [3.63, 3.8) is 0 Å². The summed E-state index contributed by atoms with van der Waals surface area (Å²) in [5, 5.41) is 0. The molecule has 1 saturated carbocycles. The highest BCUT2D eigenvalue weighted by atomic mass is 19.4. The zero-order chi connectivity index (χ0) is 20.0. The summed E-state index contributed by atoms with van der Waals surface area (Å²) in [5.74, 6) is 0.667. The number of hydrogen-bond donors (Lipinski definition) is 0. The van der Waals surface area contributed by atoms with Crippen molar-refractivity contribution >= 4 is 5.71 Å². The molecule has 0 aromatic heterocycles. The van der Waals surface area contributed by atoms with Gasteiger partial charge in [0.1, 0.15) is 5.75 Å². The van der Waals surface area contributed by atoms with E-state index in [1.807, 2.05) is 55.5 Å². The second-order valence-electron chi connectivity index (χ2n) is 8.10. The van der Waals surface area contributed by atoms with Crippen molar-refractivity contribution in [2.45, 2.75) is 56.2 Å². The van der Waals surface area contributed by atoms with Gasteiger partial charge in [0.25, 0.3) is 0 Å². The molecule has 5 heteroatoms. The predicted molar refractivity (Wildman–Crippen MR) is 104 cm³/mol. The van der Waals surface area contributed by atoms with Crippen molar-refractivity contribution in [1.29, 1.82) is 0 Å². The van der Waals surface area contributed by atoms with Crippen molar-refractivity contribution in [3.05, 3.63) is 65.2 Å². The van der Waals surface area contributed by atoms with Gasteiger partial charge < -0.3 is 4.74 Å². The van der Waals surface area contributed by atoms with Crippen LogP contribution in [0.15, 0.2) is 53.5 Å². The average molecular weight is 387 g/mol. The van der Waals surface area contributed by atoms with Crippen LogP contribution < -0.4 is 4.74 Å². The summed E-state index contributed by atoms with van der Waals surface area (Å²) in [7, 11) is 1.59.